The molecule has 2 amide bonds. The highest BCUT2D eigenvalue weighted by Crippen LogP contribution is 2.19. The van der Waals surface area contributed by atoms with E-state index < -0.39 is 27.1 Å². The molecule has 0 bridgehead atoms. The Morgan fingerprint density at radius 2 is 1.80 bits per heavy atom. The van der Waals surface area contributed by atoms with Gasteiger partial charge in [-0.15, -0.1) is 0 Å². The third-order valence-corrected chi connectivity index (χ3v) is 7.29. The summed E-state index contributed by atoms with van der Waals surface area (Å²) in [6, 6.07) is 12.4. The number of nitrogens with one attached hydrogen (secondary N) is 1. The predicted molar refractivity (Wildman–Crippen MR) is 114 cm³/mol. The van der Waals surface area contributed by atoms with Crippen molar-refractivity contribution < 1.29 is 23.1 Å². The van der Waals surface area contributed by atoms with Gasteiger partial charge in [0.15, 0.2) is 9.84 Å². The average Bonchev–Trinajstić information content (AvgIpc) is 2.73. The van der Waals surface area contributed by atoms with Crippen molar-refractivity contribution in [3.8, 4) is 0 Å². The molecule has 1 heterocycles. The Bertz CT molecular complexity index is 1030. The molecule has 160 valence electrons. The van der Waals surface area contributed by atoms with Crippen LogP contribution in [0, 0.1) is 0 Å². The first-order chi connectivity index (χ1) is 14.2. The molecule has 0 saturated carbocycles. The predicted octanol–water partition coefficient (Wildman–Crippen LogP) is 2.72. The van der Waals surface area contributed by atoms with Gasteiger partial charge in [-0.1, -0.05) is 6.07 Å². The summed E-state index contributed by atoms with van der Waals surface area (Å²) >= 11 is 0. The van der Waals surface area contributed by atoms with E-state index in [1.54, 1.807) is 43.0 Å². The summed E-state index contributed by atoms with van der Waals surface area (Å²) in [5, 5.41) is 12.0. The van der Waals surface area contributed by atoms with Crippen LogP contribution in [0.25, 0.3) is 0 Å². The summed E-state index contributed by atoms with van der Waals surface area (Å²) in [4.78, 5) is 27.0. The fraction of sp³-hybridized carbons (Fsp3) is 0.364. The number of anilines is 1. The number of aliphatic hydroxyl groups is 1. The molecule has 2 aromatic rings. The molecule has 1 aliphatic heterocycles. The van der Waals surface area contributed by atoms with Crippen molar-refractivity contribution in [3.05, 3.63) is 59.7 Å². The lowest BCUT2D eigenvalue weighted by molar-refractivity contribution is 0.0474. The van der Waals surface area contributed by atoms with E-state index in [2.05, 4.69) is 5.32 Å². The molecule has 2 N–H and O–H groups in total. The summed E-state index contributed by atoms with van der Waals surface area (Å²) in [7, 11) is -3.40. The van der Waals surface area contributed by atoms with Crippen molar-refractivity contribution in [1.82, 2.24) is 4.90 Å². The first kappa shape index (κ1) is 22.0. The molecule has 0 radical (unpaired) electrons. The number of amides is 2. The van der Waals surface area contributed by atoms with Crippen LogP contribution >= 0.6 is 0 Å². The second kappa shape index (κ2) is 8.97. The van der Waals surface area contributed by atoms with Crippen LogP contribution in [0.3, 0.4) is 0 Å². The van der Waals surface area contributed by atoms with Crippen molar-refractivity contribution >= 4 is 27.3 Å². The van der Waals surface area contributed by atoms with Crippen molar-refractivity contribution in [3.63, 3.8) is 0 Å². The fourth-order valence-electron chi connectivity index (χ4n) is 3.32. The lowest BCUT2D eigenvalue weighted by Crippen LogP contribution is -2.42. The van der Waals surface area contributed by atoms with Gasteiger partial charge in [0.1, 0.15) is 0 Å². The number of aliphatic hydroxyl groups excluding tert-OH is 1. The Morgan fingerprint density at radius 1 is 1.10 bits per heavy atom. The number of piperidine rings is 1. The molecule has 1 fully saturated rings. The van der Waals surface area contributed by atoms with Gasteiger partial charge in [-0.25, -0.2) is 8.42 Å². The molecule has 2 aromatic carbocycles. The molecular weight excluding hydrogens is 404 g/mol. The van der Waals surface area contributed by atoms with E-state index in [1.807, 2.05) is 0 Å². The lowest BCUT2D eigenvalue weighted by atomic mass is 10.1. The largest absolute Gasteiger partial charge is 0.391 e. The van der Waals surface area contributed by atoms with Crippen LogP contribution in [-0.2, 0) is 9.84 Å². The molecule has 0 spiro atoms. The average molecular weight is 431 g/mol. The Labute approximate surface area is 176 Å². The standard InChI is InChI=1S/C22H26N2O5S/c1-15(2)30(28,29)20-10-8-16(9-11-20)21(26)23-18-6-3-5-17(13-18)22(27)24-12-4-7-19(25)14-24/h3,5-6,8-11,13,15,19,25H,4,7,12,14H2,1-2H3,(H,23,26)/t19-/m0/s1. The first-order valence-electron chi connectivity index (χ1n) is 9.91. The van der Waals surface area contributed by atoms with Crippen LogP contribution in [0.2, 0.25) is 0 Å². The molecule has 0 aliphatic carbocycles. The topological polar surface area (TPSA) is 104 Å². The zero-order valence-electron chi connectivity index (χ0n) is 17.0. The van der Waals surface area contributed by atoms with Crippen LogP contribution in [0.5, 0.6) is 0 Å². The number of likely N-dealkylation sites (tertiary alicyclic amines) is 1. The Balaban J connectivity index is 1.71. The second-order valence-electron chi connectivity index (χ2n) is 7.70. The van der Waals surface area contributed by atoms with Gasteiger partial charge in [-0.05, 0) is 69.2 Å². The minimum Gasteiger partial charge on any atom is -0.391 e. The van der Waals surface area contributed by atoms with Crippen LogP contribution < -0.4 is 5.32 Å². The van der Waals surface area contributed by atoms with Gasteiger partial charge in [0.25, 0.3) is 11.8 Å². The third kappa shape index (κ3) is 4.88. The monoisotopic (exact) mass is 430 g/mol. The van der Waals surface area contributed by atoms with Crippen molar-refractivity contribution in [2.24, 2.45) is 0 Å². The molecule has 7 nitrogen and oxygen atoms in total. The van der Waals surface area contributed by atoms with E-state index in [0.717, 1.165) is 6.42 Å². The Hall–Kier alpha value is -2.71. The molecular formula is C22H26N2O5S. The van der Waals surface area contributed by atoms with Crippen LogP contribution in [-0.4, -0.2) is 54.7 Å². The molecule has 8 heteroatoms. The highest BCUT2D eigenvalue weighted by atomic mass is 32.2. The van der Waals surface area contributed by atoms with Gasteiger partial charge >= 0.3 is 0 Å². The minimum atomic E-state index is -3.40. The number of benzene rings is 2. The maximum Gasteiger partial charge on any atom is 0.255 e. The molecule has 30 heavy (non-hydrogen) atoms. The normalized spacial score (nSPS) is 17.1. The van der Waals surface area contributed by atoms with Crippen LogP contribution in [0.15, 0.2) is 53.4 Å². The van der Waals surface area contributed by atoms with Gasteiger partial charge in [0.2, 0.25) is 0 Å². The Morgan fingerprint density at radius 3 is 2.43 bits per heavy atom. The maximum atomic E-state index is 12.7. The number of nitrogens with zero attached hydrogens (tertiary/aromatic N) is 1. The van der Waals surface area contributed by atoms with Gasteiger partial charge in [-0.2, -0.15) is 0 Å². The SMILES string of the molecule is CC(C)S(=O)(=O)c1ccc(C(=O)Nc2cccc(C(=O)N3CCC[C@H](O)C3)c2)cc1. The summed E-state index contributed by atoms with van der Waals surface area (Å²) in [6.45, 7) is 4.11. The van der Waals surface area contributed by atoms with E-state index in [9.17, 15) is 23.1 Å². The molecule has 0 aromatic heterocycles. The van der Waals surface area contributed by atoms with Crippen molar-refractivity contribution in [2.75, 3.05) is 18.4 Å². The minimum absolute atomic E-state index is 0.172. The number of sulfone groups is 1. The molecule has 1 atom stereocenters. The van der Waals surface area contributed by atoms with Crippen molar-refractivity contribution in [1.29, 1.82) is 0 Å². The zero-order chi connectivity index (χ0) is 21.9. The third-order valence-electron chi connectivity index (χ3n) is 5.12. The number of carbonyl (C=O) groups is 2. The van der Waals surface area contributed by atoms with Gasteiger partial charge in [0, 0.05) is 29.9 Å². The smallest absolute Gasteiger partial charge is 0.255 e. The Kier molecular flexibility index (Phi) is 6.58. The van der Waals surface area contributed by atoms with Crippen LogP contribution in [0.1, 0.15) is 47.4 Å². The second-order valence-corrected chi connectivity index (χ2v) is 10.2. The number of carbonyl (C=O) groups excluding carboxylic acids is 2. The van der Waals surface area contributed by atoms with Gasteiger partial charge in [0.05, 0.1) is 16.2 Å². The number of hydrogen-bond acceptors (Lipinski definition) is 5. The number of rotatable bonds is 5. The zero-order valence-corrected chi connectivity index (χ0v) is 17.9. The number of β-amino-alcohol motifs (C(OH)–C–C–N with tert-alkyl or cyclic N) is 1. The summed E-state index contributed by atoms with van der Waals surface area (Å²) in [6.07, 6.45) is 0.941. The van der Waals surface area contributed by atoms with E-state index in [0.29, 0.717) is 36.3 Å². The quantitative estimate of drug-likeness (QED) is 0.759. The maximum absolute atomic E-state index is 12.7. The van der Waals surface area contributed by atoms with E-state index >= 15 is 0 Å². The summed E-state index contributed by atoms with van der Waals surface area (Å²) < 4.78 is 24.4. The van der Waals surface area contributed by atoms with Crippen molar-refractivity contribution in [2.45, 2.75) is 42.9 Å². The van der Waals surface area contributed by atoms with E-state index in [-0.39, 0.29) is 10.8 Å². The molecule has 3 rings (SSSR count). The molecule has 0 unspecified atom stereocenters. The van der Waals surface area contributed by atoms with E-state index in [4.69, 9.17) is 0 Å². The highest BCUT2D eigenvalue weighted by Gasteiger charge is 2.23. The highest BCUT2D eigenvalue weighted by molar-refractivity contribution is 7.92. The van der Waals surface area contributed by atoms with Gasteiger partial charge < -0.3 is 15.3 Å². The first-order valence-corrected chi connectivity index (χ1v) is 11.5. The summed E-state index contributed by atoms with van der Waals surface area (Å²) in [5.74, 6) is -0.588. The van der Waals surface area contributed by atoms with Crippen LogP contribution in [0.4, 0.5) is 5.69 Å². The molecule has 1 saturated heterocycles. The summed E-state index contributed by atoms with van der Waals surface area (Å²) in [5.41, 5.74) is 1.20. The molecule has 1 aliphatic rings. The van der Waals surface area contributed by atoms with E-state index in [1.165, 1.54) is 24.3 Å². The van der Waals surface area contributed by atoms with Gasteiger partial charge in [-0.3, -0.25) is 9.59 Å². The lowest BCUT2D eigenvalue weighted by Gasteiger charge is -2.30. The fourth-order valence-corrected chi connectivity index (χ4v) is 4.38. The number of hydrogen-bond donors (Lipinski definition) is 2.